The molecule has 0 fully saturated rings. The Bertz CT molecular complexity index is 359. The topological polar surface area (TPSA) is 60.8 Å². The van der Waals surface area contributed by atoms with E-state index in [1.54, 1.807) is 5.51 Å². The van der Waals surface area contributed by atoms with Gasteiger partial charge in [-0.05, 0) is 6.92 Å². The second-order valence-corrected chi connectivity index (χ2v) is 3.43. The number of hydrogen-bond donors (Lipinski definition) is 0. The second-order valence-electron chi connectivity index (χ2n) is 2.37. The van der Waals surface area contributed by atoms with Gasteiger partial charge in [-0.25, -0.2) is 9.78 Å². The minimum atomic E-state index is -0.555. The molecule has 0 aromatic carbocycles. The first-order chi connectivity index (χ1) is 6.70. The van der Waals surface area contributed by atoms with Gasteiger partial charge < -0.3 is 9.57 Å². The molecule has 6 heteroatoms. The third kappa shape index (κ3) is 2.08. The average molecular weight is 214 g/mol. The summed E-state index contributed by atoms with van der Waals surface area (Å²) in [5, 5.41) is 3.58. The minimum absolute atomic E-state index is 0.0914. The number of carbonyl (C=O) groups excluding carboxylic acids is 1. The van der Waals surface area contributed by atoms with Gasteiger partial charge in [-0.3, -0.25) is 0 Å². The quantitative estimate of drug-likeness (QED) is 0.427. The zero-order chi connectivity index (χ0) is 10.6. The lowest BCUT2D eigenvalue weighted by atomic mass is 10.2. The molecule has 0 saturated carbocycles. The molecule has 0 N–H and O–H groups in total. The van der Waals surface area contributed by atoms with E-state index >= 15 is 0 Å². The number of aromatic nitrogens is 1. The fourth-order valence-corrected chi connectivity index (χ4v) is 1.48. The Hall–Kier alpha value is -1.43. The molecular weight excluding hydrogens is 204 g/mol. The number of carbonyl (C=O) groups is 1. The number of ether oxygens (including phenoxy) is 1. The van der Waals surface area contributed by atoms with Gasteiger partial charge in [-0.1, -0.05) is 5.16 Å². The van der Waals surface area contributed by atoms with Crippen molar-refractivity contribution < 1.29 is 14.4 Å². The number of hydrogen-bond acceptors (Lipinski definition) is 6. The monoisotopic (exact) mass is 214 g/mol. The van der Waals surface area contributed by atoms with E-state index in [0.29, 0.717) is 5.69 Å². The Labute approximate surface area is 85.4 Å². The number of nitrogens with zero attached hydrogens (tertiary/aromatic N) is 2. The predicted molar refractivity (Wildman–Crippen MR) is 52.4 cm³/mol. The summed E-state index contributed by atoms with van der Waals surface area (Å²) >= 11 is 1.43. The van der Waals surface area contributed by atoms with Crippen molar-refractivity contribution in [2.24, 2.45) is 5.16 Å². The Balaban J connectivity index is 3.07. The molecule has 1 aromatic heterocycles. The van der Waals surface area contributed by atoms with Crippen molar-refractivity contribution in [2.75, 3.05) is 14.2 Å². The van der Waals surface area contributed by atoms with E-state index < -0.39 is 5.97 Å². The Morgan fingerprint density at radius 1 is 1.57 bits per heavy atom. The molecule has 0 bridgehead atoms. The first kappa shape index (κ1) is 10.6. The molecule has 0 saturated heterocycles. The minimum Gasteiger partial charge on any atom is -0.464 e. The van der Waals surface area contributed by atoms with Crippen LogP contribution in [0.15, 0.2) is 10.7 Å². The number of oxime groups is 1. The van der Waals surface area contributed by atoms with Gasteiger partial charge in [0.15, 0.2) is 0 Å². The van der Waals surface area contributed by atoms with Gasteiger partial charge in [0.1, 0.15) is 12.8 Å². The molecule has 5 nitrogen and oxygen atoms in total. The van der Waals surface area contributed by atoms with Gasteiger partial charge in [0, 0.05) is 4.88 Å². The van der Waals surface area contributed by atoms with E-state index in [9.17, 15) is 4.79 Å². The molecule has 0 radical (unpaired) electrons. The highest BCUT2D eigenvalue weighted by atomic mass is 32.1. The Kier molecular flexibility index (Phi) is 3.58. The fraction of sp³-hybridized carbons (Fsp3) is 0.375. The molecule has 76 valence electrons. The molecule has 1 aromatic rings. The summed E-state index contributed by atoms with van der Waals surface area (Å²) in [5.41, 5.74) is 2.23. The molecule has 1 rings (SSSR count). The average Bonchev–Trinajstić information content (AvgIpc) is 2.60. The van der Waals surface area contributed by atoms with Crippen LogP contribution in [-0.2, 0) is 14.4 Å². The SMILES string of the molecule is CON=C(C(=O)OC)c1ncsc1C. The molecule has 0 spiro atoms. The van der Waals surface area contributed by atoms with Crippen LogP contribution in [0.25, 0.3) is 0 Å². The van der Waals surface area contributed by atoms with Crippen LogP contribution < -0.4 is 0 Å². The number of methoxy groups -OCH3 is 1. The van der Waals surface area contributed by atoms with Crippen LogP contribution in [-0.4, -0.2) is 30.9 Å². The van der Waals surface area contributed by atoms with Gasteiger partial charge in [0.2, 0.25) is 5.71 Å². The highest BCUT2D eigenvalue weighted by Crippen LogP contribution is 2.13. The molecule has 0 aliphatic rings. The van der Waals surface area contributed by atoms with Crippen LogP contribution in [0.4, 0.5) is 0 Å². The van der Waals surface area contributed by atoms with Crippen molar-refractivity contribution in [1.29, 1.82) is 0 Å². The van der Waals surface area contributed by atoms with Crippen LogP contribution in [0.2, 0.25) is 0 Å². The zero-order valence-corrected chi connectivity index (χ0v) is 8.92. The number of esters is 1. The summed E-state index contributed by atoms with van der Waals surface area (Å²) in [6.45, 7) is 1.85. The van der Waals surface area contributed by atoms with E-state index in [-0.39, 0.29) is 5.71 Å². The number of aryl methyl sites for hydroxylation is 1. The molecule has 0 atom stereocenters. The van der Waals surface area contributed by atoms with Crippen LogP contribution in [0.5, 0.6) is 0 Å². The maximum Gasteiger partial charge on any atom is 0.362 e. The molecule has 0 aliphatic carbocycles. The van der Waals surface area contributed by atoms with Gasteiger partial charge in [-0.15, -0.1) is 11.3 Å². The predicted octanol–water partition coefficient (Wildman–Crippen LogP) is 0.975. The molecule has 1 heterocycles. The van der Waals surface area contributed by atoms with E-state index in [1.807, 2.05) is 6.92 Å². The normalized spacial score (nSPS) is 11.2. The summed E-state index contributed by atoms with van der Waals surface area (Å²) in [6.07, 6.45) is 0. The van der Waals surface area contributed by atoms with E-state index in [0.717, 1.165) is 4.88 Å². The standard InChI is InChI=1S/C8H10N2O3S/c1-5-6(9-4-14-5)7(10-13-3)8(11)12-2/h4H,1-3H3. The lowest BCUT2D eigenvalue weighted by Gasteiger charge is -2.00. The summed E-state index contributed by atoms with van der Waals surface area (Å²) in [6, 6.07) is 0. The highest BCUT2D eigenvalue weighted by molar-refractivity contribution is 7.10. The molecule has 0 aliphatic heterocycles. The van der Waals surface area contributed by atoms with Gasteiger partial charge in [0.05, 0.1) is 12.6 Å². The van der Waals surface area contributed by atoms with E-state index in [1.165, 1.54) is 25.6 Å². The van der Waals surface area contributed by atoms with Crippen molar-refractivity contribution in [3.05, 3.63) is 16.1 Å². The maximum atomic E-state index is 11.3. The van der Waals surface area contributed by atoms with Crippen LogP contribution in [0.1, 0.15) is 10.6 Å². The van der Waals surface area contributed by atoms with Crippen LogP contribution >= 0.6 is 11.3 Å². The molecule has 0 unspecified atom stereocenters. The number of thiazole rings is 1. The lowest BCUT2D eigenvalue weighted by Crippen LogP contribution is -2.18. The van der Waals surface area contributed by atoms with Crippen LogP contribution in [0, 0.1) is 6.92 Å². The molecular formula is C8H10N2O3S. The van der Waals surface area contributed by atoms with Gasteiger partial charge in [0.25, 0.3) is 0 Å². The van der Waals surface area contributed by atoms with Crippen LogP contribution in [0.3, 0.4) is 0 Å². The van der Waals surface area contributed by atoms with Crippen molar-refractivity contribution in [1.82, 2.24) is 4.98 Å². The zero-order valence-electron chi connectivity index (χ0n) is 8.10. The van der Waals surface area contributed by atoms with E-state index in [2.05, 4.69) is 19.7 Å². The molecule has 0 amide bonds. The summed E-state index contributed by atoms with van der Waals surface area (Å²) in [5.74, 6) is -0.555. The first-order valence-corrected chi connectivity index (χ1v) is 4.68. The Morgan fingerprint density at radius 3 is 2.71 bits per heavy atom. The van der Waals surface area contributed by atoms with Crippen molar-refractivity contribution >= 4 is 23.0 Å². The summed E-state index contributed by atoms with van der Waals surface area (Å²) < 4.78 is 4.56. The third-order valence-corrected chi connectivity index (χ3v) is 2.29. The van der Waals surface area contributed by atoms with Gasteiger partial charge >= 0.3 is 5.97 Å². The fourth-order valence-electron chi connectivity index (χ4n) is 0.898. The maximum absolute atomic E-state index is 11.3. The van der Waals surface area contributed by atoms with Crippen molar-refractivity contribution in [2.45, 2.75) is 6.92 Å². The van der Waals surface area contributed by atoms with Gasteiger partial charge in [-0.2, -0.15) is 0 Å². The first-order valence-electron chi connectivity index (χ1n) is 3.80. The van der Waals surface area contributed by atoms with Crippen molar-refractivity contribution in [3.63, 3.8) is 0 Å². The van der Waals surface area contributed by atoms with E-state index in [4.69, 9.17) is 0 Å². The highest BCUT2D eigenvalue weighted by Gasteiger charge is 2.19. The van der Waals surface area contributed by atoms with Crippen molar-refractivity contribution in [3.8, 4) is 0 Å². The largest absolute Gasteiger partial charge is 0.464 e. The smallest absolute Gasteiger partial charge is 0.362 e. The third-order valence-electron chi connectivity index (χ3n) is 1.53. The Morgan fingerprint density at radius 2 is 2.29 bits per heavy atom. The summed E-state index contributed by atoms with van der Waals surface area (Å²) in [7, 11) is 2.65. The second kappa shape index (κ2) is 4.71. The lowest BCUT2D eigenvalue weighted by molar-refractivity contribution is -0.132. The molecule has 14 heavy (non-hydrogen) atoms. The summed E-state index contributed by atoms with van der Waals surface area (Å²) in [4.78, 5) is 20.7. The number of rotatable bonds is 3.